The molecule has 0 saturated heterocycles. The fourth-order valence-electron chi connectivity index (χ4n) is 1.17. The Balaban J connectivity index is 2.34. The van der Waals surface area contributed by atoms with Gasteiger partial charge in [0.15, 0.2) is 0 Å². The second kappa shape index (κ2) is 6.31. The number of hydrogen-bond acceptors (Lipinski definition) is 5. The maximum absolute atomic E-state index is 11.5. The molecule has 0 aromatic carbocycles. The fourth-order valence-corrected chi connectivity index (χ4v) is 1.17. The van der Waals surface area contributed by atoms with Crippen molar-refractivity contribution in [3.63, 3.8) is 0 Å². The Morgan fingerprint density at radius 3 is 2.88 bits per heavy atom. The average Bonchev–Trinajstić information content (AvgIpc) is 2.73. The molecule has 7 nitrogen and oxygen atoms in total. The lowest BCUT2D eigenvalue weighted by Crippen LogP contribution is -2.36. The van der Waals surface area contributed by atoms with Crippen molar-refractivity contribution in [1.29, 1.82) is 0 Å². The number of nitrogens with zero attached hydrogens (tertiary/aromatic N) is 3. The van der Waals surface area contributed by atoms with Crippen molar-refractivity contribution in [3.8, 4) is 0 Å². The van der Waals surface area contributed by atoms with Crippen LogP contribution in [0.25, 0.3) is 0 Å². The van der Waals surface area contributed by atoms with Crippen molar-refractivity contribution >= 4 is 5.91 Å². The molecule has 0 bridgehead atoms. The lowest BCUT2D eigenvalue weighted by Gasteiger charge is -2.14. The first-order chi connectivity index (χ1) is 8.02. The highest BCUT2D eigenvalue weighted by Crippen LogP contribution is 1.98. The van der Waals surface area contributed by atoms with Crippen LogP contribution >= 0.6 is 0 Å². The first-order valence-corrected chi connectivity index (χ1v) is 5.56. The molecular formula is C10H19N5O2. The molecule has 0 spiro atoms. The van der Waals surface area contributed by atoms with Gasteiger partial charge in [-0.25, -0.2) is 4.68 Å². The highest BCUT2D eigenvalue weighted by molar-refractivity contribution is 5.75. The minimum Gasteiger partial charge on any atom is -0.391 e. The highest BCUT2D eigenvalue weighted by Gasteiger charge is 2.11. The molecule has 1 atom stereocenters. The third-order valence-corrected chi connectivity index (χ3v) is 2.38. The quantitative estimate of drug-likeness (QED) is 0.584. The monoisotopic (exact) mass is 241 g/mol. The van der Waals surface area contributed by atoms with E-state index >= 15 is 0 Å². The summed E-state index contributed by atoms with van der Waals surface area (Å²) in [5.74, 6) is -0.0938. The van der Waals surface area contributed by atoms with Gasteiger partial charge < -0.3 is 16.2 Å². The van der Waals surface area contributed by atoms with Crippen LogP contribution in [-0.2, 0) is 17.9 Å². The van der Waals surface area contributed by atoms with Crippen molar-refractivity contribution < 1.29 is 9.90 Å². The molecule has 0 radical (unpaired) electrons. The van der Waals surface area contributed by atoms with Crippen LogP contribution in [0.2, 0.25) is 0 Å². The molecule has 1 aromatic heterocycles. The normalized spacial score (nSPS) is 12.8. The van der Waals surface area contributed by atoms with Gasteiger partial charge >= 0.3 is 0 Å². The first kappa shape index (κ1) is 13.6. The molecule has 1 amide bonds. The molecule has 0 aliphatic heterocycles. The van der Waals surface area contributed by atoms with Crippen molar-refractivity contribution in [1.82, 2.24) is 20.3 Å². The summed E-state index contributed by atoms with van der Waals surface area (Å²) in [4.78, 5) is 11.5. The van der Waals surface area contributed by atoms with Gasteiger partial charge in [0.25, 0.3) is 0 Å². The minimum absolute atomic E-state index is 0.0812. The number of nitrogens with two attached hydrogens (primary N) is 1. The van der Waals surface area contributed by atoms with E-state index in [1.54, 1.807) is 6.20 Å². The molecule has 0 fully saturated rings. The van der Waals surface area contributed by atoms with Crippen LogP contribution < -0.4 is 11.1 Å². The van der Waals surface area contributed by atoms with Crippen molar-refractivity contribution in [2.45, 2.75) is 33.0 Å². The summed E-state index contributed by atoms with van der Waals surface area (Å²) in [5, 5.41) is 19.7. The SMILES string of the molecule is CC(C)C(O)CNC(=O)Cn1cc(CN)nn1. The molecule has 7 heteroatoms. The predicted octanol–water partition coefficient (Wildman–Crippen LogP) is -1.13. The van der Waals surface area contributed by atoms with Gasteiger partial charge in [-0.15, -0.1) is 5.10 Å². The summed E-state index contributed by atoms with van der Waals surface area (Å²) < 4.78 is 1.42. The van der Waals surface area contributed by atoms with Crippen molar-refractivity contribution in [3.05, 3.63) is 11.9 Å². The van der Waals surface area contributed by atoms with Crippen LogP contribution in [-0.4, -0.2) is 38.7 Å². The molecule has 1 rings (SSSR count). The lowest BCUT2D eigenvalue weighted by atomic mass is 10.1. The Labute approximate surface area is 100.0 Å². The van der Waals surface area contributed by atoms with E-state index in [1.165, 1.54) is 4.68 Å². The summed E-state index contributed by atoms with van der Waals surface area (Å²) in [6.07, 6.45) is 1.09. The van der Waals surface area contributed by atoms with Crippen LogP contribution in [0.15, 0.2) is 6.20 Å². The van der Waals surface area contributed by atoms with Gasteiger partial charge in [0, 0.05) is 13.1 Å². The molecular weight excluding hydrogens is 222 g/mol. The molecule has 1 unspecified atom stereocenters. The standard InChI is InChI=1S/C10H19N5O2/c1-7(2)9(16)4-12-10(17)6-15-5-8(3-11)13-14-15/h5,7,9,16H,3-4,6,11H2,1-2H3,(H,12,17). The minimum atomic E-state index is -0.533. The van der Waals surface area contributed by atoms with Gasteiger partial charge in [-0.3, -0.25) is 4.79 Å². The van der Waals surface area contributed by atoms with Crippen LogP contribution in [0.3, 0.4) is 0 Å². The third-order valence-electron chi connectivity index (χ3n) is 2.38. The fraction of sp³-hybridized carbons (Fsp3) is 0.700. The maximum Gasteiger partial charge on any atom is 0.241 e. The zero-order valence-corrected chi connectivity index (χ0v) is 10.1. The number of aliphatic hydroxyl groups excluding tert-OH is 1. The van der Waals surface area contributed by atoms with E-state index in [0.29, 0.717) is 12.2 Å². The van der Waals surface area contributed by atoms with E-state index < -0.39 is 6.10 Å². The summed E-state index contributed by atoms with van der Waals surface area (Å²) in [6, 6.07) is 0. The number of aromatic nitrogens is 3. The van der Waals surface area contributed by atoms with Crippen LogP contribution in [0.1, 0.15) is 19.5 Å². The second-order valence-electron chi connectivity index (χ2n) is 4.23. The van der Waals surface area contributed by atoms with Gasteiger partial charge in [0.2, 0.25) is 5.91 Å². The smallest absolute Gasteiger partial charge is 0.241 e. The summed E-state index contributed by atoms with van der Waals surface area (Å²) in [7, 11) is 0. The molecule has 0 aliphatic carbocycles. The van der Waals surface area contributed by atoms with Gasteiger partial charge in [-0.1, -0.05) is 19.1 Å². The predicted molar refractivity (Wildman–Crippen MR) is 61.8 cm³/mol. The largest absolute Gasteiger partial charge is 0.391 e. The van der Waals surface area contributed by atoms with Crippen LogP contribution in [0.5, 0.6) is 0 Å². The molecule has 17 heavy (non-hydrogen) atoms. The van der Waals surface area contributed by atoms with Crippen molar-refractivity contribution in [2.24, 2.45) is 11.7 Å². The number of nitrogens with one attached hydrogen (secondary N) is 1. The maximum atomic E-state index is 11.5. The Bertz CT molecular complexity index is 363. The number of rotatable bonds is 6. The van der Waals surface area contributed by atoms with Crippen LogP contribution in [0, 0.1) is 5.92 Å². The zero-order chi connectivity index (χ0) is 12.8. The number of carbonyl (C=O) groups excluding carboxylic acids is 1. The van der Waals surface area contributed by atoms with E-state index in [1.807, 2.05) is 13.8 Å². The molecule has 4 N–H and O–H groups in total. The summed E-state index contributed by atoms with van der Waals surface area (Å²) >= 11 is 0. The third kappa shape index (κ3) is 4.49. The Morgan fingerprint density at radius 1 is 1.65 bits per heavy atom. The number of hydrogen-bond donors (Lipinski definition) is 3. The first-order valence-electron chi connectivity index (χ1n) is 5.56. The lowest BCUT2D eigenvalue weighted by molar-refractivity contribution is -0.122. The summed E-state index contributed by atoms with van der Waals surface area (Å²) in [6.45, 7) is 4.41. The van der Waals surface area contributed by atoms with E-state index in [4.69, 9.17) is 5.73 Å². The van der Waals surface area contributed by atoms with Crippen molar-refractivity contribution in [2.75, 3.05) is 6.54 Å². The number of aliphatic hydroxyl groups is 1. The Hall–Kier alpha value is -1.47. The Kier molecular flexibility index (Phi) is 5.05. The van der Waals surface area contributed by atoms with Crippen LogP contribution in [0.4, 0.5) is 0 Å². The summed E-state index contributed by atoms with van der Waals surface area (Å²) in [5.41, 5.74) is 6.02. The number of carbonyl (C=O) groups is 1. The van der Waals surface area contributed by atoms with Gasteiger partial charge in [0.1, 0.15) is 6.54 Å². The van der Waals surface area contributed by atoms with E-state index in [-0.39, 0.29) is 24.9 Å². The molecule has 1 heterocycles. The number of amides is 1. The molecule has 0 saturated carbocycles. The highest BCUT2D eigenvalue weighted by atomic mass is 16.3. The Morgan fingerprint density at radius 2 is 2.35 bits per heavy atom. The molecule has 0 aliphatic rings. The van der Waals surface area contributed by atoms with E-state index in [2.05, 4.69) is 15.6 Å². The van der Waals surface area contributed by atoms with Gasteiger partial charge in [-0.2, -0.15) is 0 Å². The zero-order valence-electron chi connectivity index (χ0n) is 10.1. The van der Waals surface area contributed by atoms with E-state index in [9.17, 15) is 9.90 Å². The topological polar surface area (TPSA) is 106 Å². The second-order valence-corrected chi connectivity index (χ2v) is 4.23. The molecule has 1 aromatic rings. The van der Waals surface area contributed by atoms with Gasteiger partial charge in [0.05, 0.1) is 18.0 Å². The van der Waals surface area contributed by atoms with Gasteiger partial charge in [-0.05, 0) is 5.92 Å². The average molecular weight is 241 g/mol. The van der Waals surface area contributed by atoms with E-state index in [0.717, 1.165) is 0 Å². The molecule has 96 valence electrons.